The molecular weight excluding hydrogens is 405 g/mol. The zero-order valence-electron chi connectivity index (χ0n) is 16.4. The summed E-state index contributed by atoms with van der Waals surface area (Å²) in [5.41, 5.74) is 1.34. The van der Waals surface area contributed by atoms with Crippen LogP contribution < -0.4 is 5.32 Å². The number of amides is 1. The molecule has 0 fully saturated rings. The molecule has 0 aliphatic heterocycles. The van der Waals surface area contributed by atoms with E-state index in [1.54, 1.807) is 49.5 Å². The van der Waals surface area contributed by atoms with Gasteiger partial charge in [0.2, 0.25) is 0 Å². The number of carbonyl (C=O) groups is 1. The molecule has 156 valence electrons. The predicted molar refractivity (Wildman–Crippen MR) is 110 cm³/mol. The monoisotopic (exact) mass is 422 g/mol. The van der Waals surface area contributed by atoms with Gasteiger partial charge in [0.25, 0.3) is 5.91 Å². The molecule has 5 nitrogen and oxygen atoms in total. The van der Waals surface area contributed by atoms with E-state index in [1.165, 1.54) is 18.5 Å². The number of pyridine rings is 3. The molecule has 0 unspecified atom stereocenters. The van der Waals surface area contributed by atoms with Crippen LogP contribution in [-0.4, -0.2) is 20.9 Å². The van der Waals surface area contributed by atoms with Crippen molar-refractivity contribution in [3.8, 4) is 11.1 Å². The van der Waals surface area contributed by atoms with Crippen molar-refractivity contribution in [3.63, 3.8) is 0 Å². The number of fused-ring (bicyclic) bond motifs is 1. The van der Waals surface area contributed by atoms with E-state index in [9.17, 15) is 18.0 Å². The van der Waals surface area contributed by atoms with E-state index in [1.807, 2.05) is 0 Å². The van der Waals surface area contributed by atoms with E-state index < -0.39 is 17.6 Å². The molecule has 31 heavy (non-hydrogen) atoms. The number of aryl methyl sites for hydroxylation is 1. The maximum atomic E-state index is 13.7. The van der Waals surface area contributed by atoms with Crippen LogP contribution in [0.4, 0.5) is 13.2 Å². The Hall–Kier alpha value is -3.81. The number of nitrogens with zero attached hydrogens (tertiary/aromatic N) is 3. The van der Waals surface area contributed by atoms with Crippen molar-refractivity contribution >= 4 is 16.9 Å². The molecule has 0 spiro atoms. The summed E-state index contributed by atoms with van der Waals surface area (Å²) in [4.78, 5) is 25.0. The summed E-state index contributed by atoms with van der Waals surface area (Å²) < 4.78 is 41.0. The van der Waals surface area contributed by atoms with Crippen molar-refractivity contribution in [3.05, 3.63) is 89.5 Å². The fraction of sp³-hybridized carbons (Fsp3) is 0.130. The van der Waals surface area contributed by atoms with E-state index in [4.69, 9.17) is 0 Å². The van der Waals surface area contributed by atoms with Gasteiger partial charge >= 0.3 is 6.18 Å². The van der Waals surface area contributed by atoms with Gasteiger partial charge in [-0.3, -0.25) is 9.78 Å². The number of nitrogens with one attached hydrogen (secondary N) is 1. The van der Waals surface area contributed by atoms with Crippen LogP contribution in [0.1, 0.15) is 27.2 Å². The second-order valence-corrected chi connectivity index (χ2v) is 6.97. The zero-order valence-corrected chi connectivity index (χ0v) is 16.4. The second kappa shape index (κ2) is 8.14. The minimum Gasteiger partial charge on any atom is -0.348 e. The Bertz CT molecular complexity index is 1260. The van der Waals surface area contributed by atoms with Gasteiger partial charge in [0, 0.05) is 36.1 Å². The van der Waals surface area contributed by atoms with Crippen molar-refractivity contribution in [1.29, 1.82) is 0 Å². The van der Waals surface area contributed by atoms with Crippen LogP contribution in [0.2, 0.25) is 0 Å². The molecule has 0 saturated carbocycles. The fourth-order valence-electron chi connectivity index (χ4n) is 3.31. The number of benzene rings is 1. The third kappa shape index (κ3) is 4.37. The first-order chi connectivity index (χ1) is 14.8. The number of halogens is 3. The van der Waals surface area contributed by atoms with Crippen LogP contribution in [0.3, 0.4) is 0 Å². The highest BCUT2D eigenvalue weighted by Gasteiger charge is 2.34. The van der Waals surface area contributed by atoms with Gasteiger partial charge in [0.15, 0.2) is 5.65 Å². The van der Waals surface area contributed by atoms with E-state index in [-0.39, 0.29) is 12.1 Å². The van der Waals surface area contributed by atoms with Crippen LogP contribution in [0.5, 0.6) is 0 Å². The molecule has 3 aromatic heterocycles. The molecule has 1 amide bonds. The lowest BCUT2D eigenvalue weighted by atomic mass is 9.98. The van der Waals surface area contributed by atoms with Crippen LogP contribution in [-0.2, 0) is 12.7 Å². The maximum absolute atomic E-state index is 13.7. The largest absolute Gasteiger partial charge is 0.417 e. The van der Waals surface area contributed by atoms with Crippen LogP contribution in [0.15, 0.2) is 67.1 Å². The quantitative estimate of drug-likeness (QED) is 0.505. The molecule has 0 aliphatic rings. The highest BCUT2D eigenvalue weighted by molar-refractivity contribution is 5.98. The average Bonchev–Trinajstić information content (AvgIpc) is 2.77. The standard InChI is InChI=1S/C23H17F3N4O/c1-14-19(11-16-4-3-9-28-21(16)30-14)22(31)29-12-15-6-7-18(17-5-2-8-27-13-17)20(10-15)23(24,25)26/h2-11,13H,12H2,1H3,(H,29,31). The highest BCUT2D eigenvalue weighted by atomic mass is 19.4. The molecule has 0 atom stereocenters. The molecular formula is C23H17F3N4O. The number of hydrogen-bond acceptors (Lipinski definition) is 4. The van der Waals surface area contributed by atoms with Crippen molar-refractivity contribution in [2.45, 2.75) is 19.6 Å². The van der Waals surface area contributed by atoms with Gasteiger partial charge in [-0.1, -0.05) is 18.2 Å². The third-order valence-electron chi connectivity index (χ3n) is 4.84. The normalized spacial score (nSPS) is 11.5. The van der Waals surface area contributed by atoms with Crippen LogP contribution >= 0.6 is 0 Å². The summed E-state index contributed by atoms with van der Waals surface area (Å²) in [7, 11) is 0. The summed E-state index contributed by atoms with van der Waals surface area (Å²) in [6.07, 6.45) is -0.0459. The number of aromatic nitrogens is 3. The average molecular weight is 422 g/mol. The zero-order chi connectivity index (χ0) is 22.0. The van der Waals surface area contributed by atoms with E-state index >= 15 is 0 Å². The maximum Gasteiger partial charge on any atom is 0.417 e. The van der Waals surface area contributed by atoms with Crippen LogP contribution in [0, 0.1) is 6.92 Å². The lowest BCUT2D eigenvalue weighted by Crippen LogP contribution is -2.24. The fourth-order valence-corrected chi connectivity index (χ4v) is 3.31. The predicted octanol–water partition coefficient (Wildman–Crippen LogP) is 4.95. The minimum absolute atomic E-state index is 0.0396. The van der Waals surface area contributed by atoms with Gasteiger partial charge in [-0.05, 0) is 48.4 Å². The van der Waals surface area contributed by atoms with E-state index in [2.05, 4.69) is 20.3 Å². The lowest BCUT2D eigenvalue weighted by Gasteiger charge is -2.15. The smallest absolute Gasteiger partial charge is 0.348 e. The Morgan fingerprint density at radius 3 is 2.61 bits per heavy atom. The Morgan fingerprint density at radius 1 is 1.06 bits per heavy atom. The summed E-state index contributed by atoms with van der Waals surface area (Å²) in [5, 5.41) is 3.39. The van der Waals surface area contributed by atoms with E-state index in [0.717, 1.165) is 6.07 Å². The minimum atomic E-state index is -4.54. The molecule has 0 aliphatic carbocycles. The first kappa shape index (κ1) is 20.5. The topological polar surface area (TPSA) is 67.8 Å². The molecule has 0 radical (unpaired) electrons. The van der Waals surface area contributed by atoms with Gasteiger partial charge in [-0.2, -0.15) is 13.2 Å². The molecule has 8 heteroatoms. The molecule has 1 N–H and O–H groups in total. The SMILES string of the molecule is Cc1nc2ncccc2cc1C(=O)NCc1ccc(-c2cccnc2)c(C(F)(F)F)c1. The van der Waals surface area contributed by atoms with Crippen LogP contribution in [0.25, 0.3) is 22.2 Å². The number of hydrogen-bond donors (Lipinski definition) is 1. The number of carbonyl (C=O) groups excluding carboxylic acids is 1. The van der Waals surface area contributed by atoms with Gasteiger partial charge in [0.05, 0.1) is 16.8 Å². The summed E-state index contributed by atoms with van der Waals surface area (Å²) in [5.74, 6) is -0.416. The molecule has 0 saturated heterocycles. The Kier molecular flexibility index (Phi) is 5.37. The first-order valence-corrected chi connectivity index (χ1v) is 9.44. The Labute approximate surface area is 176 Å². The molecule has 0 bridgehead atoms. The summed E-state index contributed by atoms with van der Waals surface area (Å²) in [6, 6.07) is 12.4. The molecule has 3 heterocycles. The Balaban J connectivity index is 1.59. The second-order valence-electron chi connectivity index (χ2n) is 6.97. The van der Waals surface area contributed by atoms with Gasteiger partial charge in [-0.15, -0.1) is 0 Å². The molecule has 1 aromatic carbocycles. The van der Waals surface area contributed by atoms with Crippen molar-refractivity contribution in [2.24, 2.45) is 0 Å². The number of rotatable bonds is 4. The lowest BCUT2D eigenvalue weighted by molar-refractivity contribution is -0.137. The first-order valence-electron chi connectivity index (χ1n) is 9.44. The summed E-state index contributed by atoms with van der Waals surface area (Å²) in [6.45, 7) is 1.63. The van der Waals surface area contributed by atoms with Gasteiger partial charge in [0.1, 0.15) is 0 Å². The van der Waals surface area contributed by atoms with Crippen molar-refractivity contribution in [1.82, 2.24) is 20.3 Å². The van der Waals surface area contributed by atoms with Gasteiger partial charge < -0.3 is 5.32 Å². The summed E-state index contributed by atoms with van der Waals surface area (Å²) >= 11 is 0. The third-order valence-corrected chi connectivity index (χ3v) is 4.84. The Morgan fingerprint density at radius 2 is 1.87 bits per heavy atom. The molecule has 4 rings (SSSR count). The van der Waals surface area contributed by atoms with E-state index in [0.29, 0.717) is 33.4 Å². The number of alkyl halides is 3. The van der Waals surface area contributed by atoms with Gasteiger partial charge in [-0.25, -0.2) is 9.97 Å². The highest BCUT2D eigenvalue weighted by Crippen LogP contribution is 2.37. The molecule has 4 aromatic rings. The van der Waals surface area contributed by atoms with Crippen molar-refractivity contribution in [2.75, 3.05) is 0 Å². The van der Waals surface area contributed by atoms with Crippen molar-refractivity contribution < 1.29 is 18.0 Å².